The van der Waals surface area contributed by atoms with Crippen molar-refractivity contribution < 1.29 is 4.52 Å². The summed E-state index contributed by atoms with van der Waals surface area (Å²) in [6, 6.07) is 10.4. The third kappa shape index (κ3) is 2.43. The fraction of sp³-hybridized carbons (Fsp3) is 0.333. The molecule has 1 aromatic carbocycles. The van der Waals surface area contributed by atoms with E-state index >= 15 is 0 Å². The van der Waals surface area contributed by atoms with Crippen molar-refractivity contribution in [1.82, 2.24) is 10.1 Å². The second kappa shape index (κ2) is 4.26. The number of aryl methyl sites for hydroxylation is 1. The van der Waals surface area contributed by atoms with E-state index in [2.05, 4.69) is 29.2 Å². The van der Waals surface area contributed by atoms with Crippen LogP contribution in [0.5, 0.6) is 0 Å². The molecule has 3 heteroatoms. The maximum atomic E-state index is 5.10. The first-order chi connectivity index (χ1) is 7.25. The van der Waals surface area contributed by atoms with E-state index in [1.165, 1.54) is 5.56 Å². The van der Waals surface area contributed by atoms with E-state index in [1.807, 2.05) is 25.1 Å². The van der Waals surface area contributed by atoms with Crippen molar-refractivity contribution in [2.45, 2.75) is 26.2 Å². The van der Waals surface area contributed by atoms with Crippen LogP contribution in [0.25, 0.3) is 0 Å². The Morgan fingerprint density at radius 2 is 2.00 bits per heavy atom. The van der Waals surface area contributed by atoms with Gasteiger partial charge in [0.1, 0.15) is 0 Å². The van der Waals surface area contributed by atoms with Crippen molar-refractivity contribution >= 4 is 0 Å². The highest BCUT2D eigenvalue weighted by Crippen LogP contribution is 2.18. The number of hydrogen-bond acceptors (Lipinski definition) is 3. The van der Waals surface area contributed by atoms with Crippen LogP contribution in [0.15, 0.2) is 34.9 Å². The van der Waals surface area contributed by atoms with Crippen molar-refractivity contribution in [3.05, 3.63) is 47.6 Å². The number of nitrogens with zero attached hydrogens (tertiary/aromatic N) is 2. The molecule has 0 amide bonds. The lowest BCUT2D eigenvalue weighted by molar-refractivity contribution is 0.368. The SMILES string of the molecule is Cc1noc(CC(C)c2ccccc2)n1. The van der Waals surface area contributed by atoms with Gasteiger partial charge in [0.2, 0.25) is 5.89 Å². The largest absolute Gasteiger partial charge is 0.339 e. The molecular formula is C12H14N2O. The summed E-state index contributed by atoms with van der Waals surface area (Å²) in [6.07, 6.45) is 0.796. The Hall–Kier alpha value is -1.64. The highest BCUT2D eigenvalue weighted by molar-refractivity contribution is 5.19. The summed E-state index contributed by atoms with van der Waals surface area (Å²) in [6.45, 7) is 4.00. The third-order valence-electron chi connectivity index (χ3n) is 2.42. The molecule has 0 aliphatic heterocycles. The normalized spacial score (nSPS) is 12.7. The molecule has 0 spiro atoms. The highest BCUT2D eigenvalue weighted by atomic mass is 16.5. The number of rotatable bonds is 3. The number of hydrogen-bond donors (Lipinski definition) is 0. The van der Waals surface area contributed by atoms with Gasteiger partial charge >= 0.3 is 0 Å². The molecule has 0 bridgehead atoms. The van der Waals surface area contributed by atoms with Gasteiger partial charge in [-0.2, -0.15) is 4.98 Å². The second-order valence-corrected chi connectivity index (χ2v) is 3.75. The molecule has 15 heavy (non-hydrogen) atoms. The lowest BCUT2D eigenvalue weighted by atomic mass is 9.98. The highest BCUT2D eigenvalue weighted by Gasteiger charge is 2.10. The van der Waals surface area contributed by atoms with Crippen molar-refractivity contribution in [2.75, 3.05) is 0 Å². The molecule has 3 nitrogen and oxygen atoms in total. The van der Waals surface area contributed by atoms with Gasteiger partial charge in [-0.05, 0) is 18.4 Å². The van der Waals surface area contributed by atoms with Crippen LogP contribution in [0, 0.1) is 6.92 Å². The van der Waals surface area contributed by atoms with Gasteiger partial charge in [0, 0.05) is 6.42 Å². The predicted molar refractivity (Wildman–Crippen MR) is 57.6 cm³/mol. The molecule has 0 saturated heterocycles. The average molecular weight is 202 g/mol. The topological polar surface area (TPSA) is 38.9 Å². The fourth-order valence-corrected chi connectivity index (χ4v) is 1.58. The Kier molecular flexibility index (Phi) is 2.81. The molecule has 2 aromatic rings. The first-order valence-electron chi connectivity index (χ1n) is 5.10. The van der Waals surface area contributed by atoms with Gasteiger partial charge in [-0.15, -0.1) is 0 Å². The summed E-state index contributed by atoms with van der Waals surface area (Å²) >= 11 is 0. The molecular weight excluding hydrogens is 188 g/mol. The smallest absolute Gasteiger partial charge is 0.227 e. The summed E-state index contributed by atoms with van der Waals surface area (Å²) in [5.74, 6) is 1.82. The third-order valence-corrected chi connectivity index (χ3v) is 2.42. The number of benzene rings is 1. The summed E-state index contributed by atoms with van der Waals surface area (Å²) < 4.78 is 5.10. The fourth-order valence-electron chi connectivity index (χ4n) is 1.58. The Morgan fingerprint density at radius 3 is 2.60 bits per heavy atom. The minimum atomic E-state index is 0.408. The van der Waals surface area contributed by atoms with E-state index in [0.29, 0.717) is 17.6 Å². The zero-order valence-corrected chi connectivity index (χ0v) is 8.97. The Morgan fingerprint density at radius 1 is 1.27 bits per heavy atom. The van der Waals surface area contributed by atoms with E-state index in [9.17, 15) is 0 Å². The molecule has 1 heterocycles. The predicted octanol–water partition coefficient (Wildman–Crippen LogP) is 2.72. The minimum absolute atomic E-state index is 0.408. The van der Waals surface area contributed by atoms with Gasteiger partial charge in [0.25, 0.3) is 0 Å². The summed E-state index contributed by atoms with van der Waals surface area (Å²) in [7, 11) is 0. The first-order valence-corrected chi connectivity index (χ1v) is 5.10. The number of aromatic nitrogens is 2. The maximum absolute atomic E-state index is 5.10. The maximum Gasteiger partial charge on any atom is 0.227 e. The van der Waals surface area contributed by atoms with Crippen LogP contribution >= 0.6 is 0 Å². The molecule has 78 valence electrons. The van der Waals surface area contributed by atoms with Gasteiger partial charge in [0.05, 0.1) is 0 Å². The molecule has 0 aliphatic rings. The van der Waals surface area contributed by atoms with Crippen molar-refractivity contribution in [2.24, 2.45) is 0 Å². The summed E-state index contributed by atoms with van der Waals surface area (Å²) in [5.41, 5.74) is 1.30. The quantitative estimate of drug-likeness (QED) is 0.768. The molecule has 1 aromatic heterocycles. The van der Waals surface area contributed by atoms with Crippen LogP contribution in [-0.4, -0.2) is 10.1 Å². The lowest BCUT2D eigenvalue weighted by Gasteiger charge is -2.07. The van der Waals surface area contributed by atoms with Crippen LogP contribution in [0.3, 0.4) is 0 Å². The second-order valence-electron chi connectivity index (χ2n) is 3.75. The molecule has 0 N–H and O–H groups in total. The van der Waals surface area contributed by atoms with E-state index in [1.54, 1.807) is 0 Å². The molecule has 0 radical (unpaired) electrons. The monoisotopic (exact) mass is 202 g/mol. The van der Waals surface area contributed by atoms with Crippen LogP contribution in [0.2, 0.25) is 0 Å². The lowest BCUT2D eigenvalue weighted by Crippen LogP contribution is -1.98. The Bertz CT molecular complexity index is 422. The molecule has 0 aliphatic carbocycles. The van der Waals surface area contributed by atoms with E-state index < -0.39 is 0 Å². The molecule has 0 fully saturated rings. The van der Waals surface area contributed by atoms with Gasteiger partial charge in [-0.3, -0.25) is 0 Å². The van der Waals surface area contributed by atoms with Crippen LogP contribution in [0.4, 0.5) is 0 Å². The van der Waals surface area contributed by atoms with Gasteiger partial charge in [0.15, 0.2) is 5.82 Å². The minimum Gasteiger partial charge on any atom is -0.339 e. The van der Waals surface area contributed by atoms with Crippen molar-refractivity contribution in [3.8, 4) is 0 Å². The van der Waals surface area contributed by atoms with E-state index in [4.69, 9.17) is 4.52 Å². The van der Waals surface area contributed by atoms with Gasteiger partial charge in [-0.25, -0.2) is 0 Å². The van der Waals surface area contributed by atoms with Gasteiger partial charge < -0.3 is 4.52 Å². The standard InChI is InChI=1S/C12H14N2O/c1-9(11-6-4-3-5-7-11)8-12-13-10(2)14-15-12/h3-7,9H,8H2,1-2H3. The van der Waals surface area contributed by atoms with Crippen molar-refractivity contribution in [3.63, 3.8) is 0 Å². The van der Waals surface area contributed by atoms with Gasteiger partial charge in [-0.1, -0.05) is 42.4 Å². The van der Waals surface area contributed by atoms with E-state index in [0.717, 1.165) is 6.42 Å². The van der Waals surface area contributed by atoms with Crippen LogP contribution in [0.1, 0.15) is 30.1 Å². The zero-order chi connectivity index (χ0) is 10.7. The first kappa shape index (κ1) is 9.90. The van der Waals surface area contributed by atoms with Crippen LogP contribution < -0.4 is 0 Å². The van der Waals surface area contributed by atoms with Crippen LogP contribution in [-0.2, 0) is 6.42 Å². The molecule has 2 rings (SSSR count). The van der Waals surface area contributed by atoms with Crippen molar-refractivity contribution in [1.29, 1.82) is 0 Å². The van der Waals surface area contributed by atoms with E-state index in [-0.39, 0.29) is 0 Å². The Balaban J connectivity index is 2.07. The summed E-state index contributed by atoms with van der Waals surface area (Å²) in [5, 5.41) is 3.78. The average Bonchev–Trinajstić information content (AvgIpc) is 2.65. The summed E-state index contributed by atoms with van der Waals surface area (Å²) in [4.78, 5) is 4.20. The molecule has 1 unspecified atom stereocenters. The molecule has 0 saturated carbocycles. The zero-order valence-electron chi connectivity index (χ0n) is 8.97. The Labute approximate surface area is 89.1 Å². The molecule has 1 atom stereocenters.